The molecule has 0 aromatic carbocycles. The average Bonchev–Trinajstić information content (AvgIpc) is 2.92. The highest BCUT2D eigenvalue weighted by atomic mass is 32.2. The molecule has 112 valence electrons. The zero-order chi connectivity index (χ0) is 14.8. The monoisotopic (exact) mass is 300 g/mol. The standard InChI is InChI=1S/C12H20N4O3S/c1-9(2)12(17)16-5-3-4-10(8-16)15-20(18,19)11-6-13-14-7-11/h6-7,9-10,15H,3-5,8H2,1-2H3,(H,13,14). The quantitative estimate of drug-likeness (QED) is 0.838. The number of hydrogen-bond acceptors (Lipinski definition) is 4. The number of sulfonamides is 1. The fourth-order valence-electron chi connectivity index (χ4n) is 2.31. The lowest BCUT2D eigenvalue weighted by Crippen LogP contribution is -2.50. The predicted molar refractivity (Wildman–Crippen MR) is 73.3 cm³/mol. The highest BCUT2D eigenvalue weighted by Gasteiger charge is 2.28. The molecule has 1 fully saturated rings. The van der Waals surface area contributed by atoms with Crippen LogP contribution in [0, 0.1) is 5.92 Å². The van der Waals surface area contributed by atoms with Crippen molar-refractivity contribution in [2.24, 2.45) is 5.92 Å². The number of aromatic nitrogens is 2. The minimum Gasteiger partial charge on any atom is -0.341 e. The molecule has 20 heavy (non-hydrogen) atoms. The zero-order valence-corrected chi connectivity index (χ0v) is 12.5. The summed E-state index contributed by atoms with van der Waals surface area (Å²) >= 11 is 0. The summed E-state index contributed by atoms with van der Waals surface area (Å²) in [5.41, 5.74) is 0. The van der Waals surface area contributed by atoms with Gasteiger partial charge in [-0.1, -0.05) is 13.8 Å². The van der Waals surface area contributed by atoms with Crippen molar-refractivity contribution >= 4 is 15.9 Å². The first-order valence-corrected chi connectivity index (χ1v) is 8.18. The van der Waals surface area contributed by atoms with Crippen LogP contribution in [0.15, 0.2) is 17.3 Å². The van der Waals surface area contributed by atoms with Crippen LogP contribution >= 0.6 is 0 Å². The van der Waals surface area contributed by atoms with Gasteiger partial charge in [-0.05, 0) is 12.8 Å². The molecule has 0 bridgehead atoms. The summed E-state index contributed by atoms with van der Waals surface area (Å²) < 4.78 is 26.8. The van der Waals surface area contributed by atoms with E-state index in [4.69, 9.17) is 0 Å². The van der Waals surface area contributed by atoms with E-state index < -0.39 is 10.0 Å². The molecule has 2 rings (SSSR count). The molecule has 1 saturated heterocycles. The molecule has 0 spiro atoms. The van der Waals surface area contributed by atoms with E-state index in [1.165, 1.54) is 12.4 Å². The Hall–Kier alpha value is -1.41. The first-order valence-electron chi connectivity index (χ1n) is 6.70. The number of nitrogens with zero attached hydrogens (tertiary/aromatic N) is 2. The van der Waals surface area contributed by atoms with Gasteiger partial charge < -0.3 is 4.90 Å². The van der Waals surface area contributed by atoms with Crippen molar-refractivity contribution in [1.82, 2.24) is 19.8 Å². The van der Waals surface area contributed by atoms with E-state index >= 15 is 0 Å². The smallest absolute Gasteiger partial charge is 0.243 e. The molecule has 0 aliphatic carbocycles. The van der Waals surface area contributed by atoms with Crippen LogP contribution in [-0.2, 0) is 14.8 Å². The molecule has 2 heterocycles. The van der Waals surface area contributed by atoms with E-state index in [0.717, 1.165) is 12.8 Å². The van der Waals surface area contributed by atoms with Crippen LogP contribution in [0.5, 0.6) is 0 Å². The molecule has 1 atom stereocenters. The second-order valence-corrected chi connectivity index (χ2v) is 7.05. The van der Waals surface area contributed by atoms with Gasteiger partial charge in [0.15, 0.2) is 0 Å². The van der Waals surface area contributed by atoms with Gasteiger partial charge in [0.05, 0.1) is 6.20 Å². The van der Waals surface area contributed by atoms with Crippen molar-refractivity contribution < 1.29 is 13.2 Å². The lowest BCUT2D eigenvalue weighted by molar-refractivity contribution is -0.135. The Bertz CT molecular complexity index is 553. The third-order valence-corrected chi connectivity index (χ3v) is 4.82. The molecule has 2 N–H and O–H groups in total. The van der Waals surface area contributed by atoms with Crippen molar-refractivity contribution in [3.63, 3.8) is 0 Å². The van der Waals surface area contributed by atoms with Gasteiger partial charge in [-0.2, -0.15) is 5.10 Å². The summed E-state index contributed by atoms with van der Waals surface area (Å²) in [6.45, 7) is 4.82. The molecular weight excluding hydrogens is 280 g/mol. The van der Waals surface area contributed by atoms with Crippen LogP contribution in [0.4, 0.5) is 0 Å². The number of amides is 1. The van der Waals surface area contributed by atoms with Crippen molar-refractivity contribution in [2.75, 3.05) is 13.1 Å². The molecule has 1 aliphatic heterocycles. The lowest BCUT2D eigenvalue weighted by Gasteiger charge is -2.34. The number of rotatable bonds is 4. The van der Waals surface area contributed by atoms with Crippen molar-refractivity contribution in [3.8, 4) is 0 Å². The van der Waals surface area contributed by atoms with Gasteiger partial charge >= 0.3 is 0 Å². The molecule has 8 heteroatoms. The summed E-state index contributed by atoms with van der Waals surface area (Å²) in [4.78, 5) is 13.8. The van der Waals surface area contributed by atoms with E-state index in [-0.39, 0.29) is 22.8 Å². The molecule has 1 aromatic heterocycles. The number of piperidine rings is 1. The normalized spacial score (nSPS) is 20.4. The largest absolute Gasteiger partial charge is 0.341 e. The SMILES string of the molecule is CC(C)C(=O)N1CCCC(NS(=O)(=O)c2cn[nH]c2)C1. The third-order valence-electron chi connectivity index (χ3n) is 3.33. The van der Waals surface area contributed by atoms with E-state index in [0.29, 0.717) is 13.1 Å². The fraction of sp³-hybridized carbons (Fsp3) is 0.667. The number of H-pyrrole nitrogens is 1. The lowest BCUT2D eigenvalue weighted by atomic mass is 10.0. The number of likely N-dealkylation sites (tertiary alicyclic amines) is 1. The second kappa shape index (κ2) is 5.92. The number of carbonyl (C=O) groups is 1. The fourth-order valence-corrected chi connectivity index (χ4v) is 3.48. The zero-order valence-electron chi connectivity index (χ0n) is 11.7. The first kappa shape index (κ1) is 15.0. The van der Waals surface area contributed by atoms with E-state index in [2.05, 4.69) is 14.9 Å². The first-order chi connectivity index (χ1) is 9.40. The molecule has 0 radical (unpaired) electrons. The Morgan fingerprint density at radius 3 is 2.90 bits per heavy atom. The van der Waals surface area contributed by atoms with Crippen molar-refractivity contribution in [3.05, 3.63) is 12.4 Å². The number of nitrogens with one attached hydrogen (secondary N) is 2. The van der Waals surface area contributed by atoms with Crippen LogP contribution < -0.4 is 4.72 Å². The van der Waals surface area contributed by atoms with Crippen molar-refractivity contribution in [2.45, 2.75) is 37.6 Å². The van der Waals surface area contributed by atoms with Crippen LogP contribution in [-0.4, -0.2) is 48.6 Å². The maximum atomic E-state index is 12.1. The Kier molecular flexibility index (Phi) is 4.44. The van der Waals surface area contributed by atoms with Crippen LogP contribution in [0.1, 0.15) is 26.7 Å². The number of hydrogen-bond donors (Lipinski definition) is 2. The minimum absolute atomic E-state index is 0.0669. The van der Waals surface area contributed by atoms with Gasteiger partial charge in [-0.3, -0.25) is 9.89 Å². The van der Waals surface area contributed by atoms with E-state index in [1.54, 1.807) is 4.90 Å². The predicted octanol–water partition coefficient (Wildman–Crippen LogP) is 0.335. The van der Waals surface area contributed by atoms with Crippen LogP contribution in [0.3, 0.4) is 0 Å². The second-order valence-electron chi connectivity index (χ2n) is 5.33. The molecule has 1 unspecified atom stereocenters. The highest BCUT2D eigenvalue weighted by Crippen LogP contribution is 2.15. The van der Waals surface area contributed by atoms with Gasteiger partial charge in [-0.25, -0.2) is 13.1 Å². The number of aromatic amines is 1. The van der Waals surface area contributed by atoms with Gasteiger partial charge in [0.2, 0.25) is 15.9 Å². The molecule has 1 aliphatic rings. The Labute approximate surface area is 118 Å². The van der Waals surface area contributed by atoms with Crippen LogP contribution in [0.25, 0.3) is 0 Å². The van der Waals surface area contributed by atoms with Gasteiger partial charge in [0, 0.05) is 31.2 Å². The van der Waals surface area contributed by atoms with Gasteiger partial charge in [0.25, 0.3) is 0 Å². The maximum absolute atomic E-state index is 12.1. The summed E-state index contributed by atoms with van der Waals surface area (Å²) in [6, 6.07) is -0.244. The Morgan fingerprint density at radius 1 is 1.55 bits per heavy atom. The summed E-state index contributed by atoms with van der Waals surface area (Å²) in [5.74, 6) is -0.00330. The Morgan fingerprint density at radius 2 is 2.30 bits per heavy atom. The number of carbonyl (C=O) groups excluding carboxylic acids is 1. The molecular formula is C12H20N4O3S. The van der Waals surface area contributed by atoms with E-state index in [1.807, 2.05) is 13.8 Å². The van der Waals surface area contributed by atoms with Crippen molar-refractivity contribution in [1.29, 1.82) is 0 Å². The topological polar surface area (TPSA) is 95.2 Å². The summed E-state index contributed by atoms with van der Waals surface area (Å²) in [7, 11) is -3.57. The molecule has 1 aromatic rings. The third kappa shape index (κ3) is 3.37. The molecule has 0 saturated carbocycles. The molecule has 7 nitrogen and oxygen atoms in total. The summed E-state index contributed by atoms with van der Waals surface area (Å²) in [5, 5.41) is 6.12. The maximum Gasteiger partial charge on any atom is 0.243 e. The minimum atomic E-state index is -3.57. The van der Waals surface area contributed by atoms with Crippen LogP contribution in [0.2, 0.25) is 0 Å². The summed E-state index contributed by atoms with van der Waals surface area (Å²) in [6.07, 6.45) is 4.14. The Balaban J connectivity index is 2.02. The van der Waals surface area contributed by atoms with E-state index in [9.17, 15) is 13.2 Å². The average molecular weight is 300 g/mol. The molecule has 1 amide bonds. The highest BCUT2D eigenvalue weighted by molar-refractivity contribution is 7.89. The van der Waals surface area contributed by atoms with Gasteiger partial charge in [-0.15, -0.1) is 0 Å². The van der Waals surface area contributed by atoms with Gasteiger partial charge in [0.1, 0.15) is 4.90 Å².